The summed E-state index contributed by atoms with van der Waals surface area (Å²) in [6, 6.07) is 10.8. The molecule has 0 amide bonds. The van der Waals surface area contributed by atoms with Crippen LogP contribution >= 0.6 is 0 Å². The molecule has 1 aliphatic carbocycles. The molecule has 2 rings (SSSR count). The summed E-state index contributed by atoms with van der Waals surface area (Å²) in [4.78, 5) is 0. The van der Waals surface area contributed by atoms with E-state index in [9.17, 15) is 0 Å². The summed E-state index contributed by atoms with van der Waals surface area (Å²) >= 11 is 0. The first-order chi connectivity index (χ1) is 7.68. The highest BCUT2D eigenvalue weighted by atomic mass is 14.3. The minimum atomic E-state index is 0.594. The lowest BCUT2D eigenvalue weighted by Gasteiger charge is -2.29. The van der Waals surface area contributed by atoms with E-state index in [1.165, 1.54) is 29.6 Å². The second kappa shape index (κ2) is 4.69. The standard InChI is InChI=1S/C16H20/c1-12(2)15-10-9-13(3)16(11-15)14-7-5-4-6-8-14/h4-9,15-16H,1,10-11H2,2-3H3. The highest BCUT2D eigenvalue weighted by Gasteiger charge is 2.23. The van der Waals surface area contributed by atoms with E-state index < -0.39 is 0 Å². The highest BCUT2D eigenvalue weighted by Crippen LogP contribution is 2.38. The van der Waals surface area contributed by atoms with Gasteiger partial charge in [0, 0.05) is 5.92 Å². The van der Waals surface area contributed by atoms with Crippen molar-refractivity contribution in [3.63, 3.8) is 0 Å². The van der Waals surface area contributed by atoms with E-state index >= 15 is 0 Å². The third kappa shape index (κ3) is 2.27. The fourth-order valence-electron chi connectivity index (χ4n) is 2.52. The maximum absolute atomic E-state index is 4.10. The van der Waals surface area contributed by atoms with Crippen LogP contribution in [-0.2, 0) is 0 Å². The molecule has 0 spiro atoms. The summed E-state index contributed by atoms with van der Waals surface area (Å²) in [7, 11) is 0. The van der Waals surface area contributed by atoms with Crippen molar-refractivity contribution in [1.82, 2.24) is 0 Å². The molecule has 16 heavy (non-hydrogen) atoms. The summed E-state index contributed by atoms with van der Waals surface area (Å²) in [5.41, 5.74) is 4.29. The van der Waals surface area contributed by atoms with Gasteiger partial charge in [-0.05, 0) is 38.2 Å². The predicted molar refractivity (Wildman–Crippen MR) is 70.5 cm³/mol. The molecule has 1 aromatic carbocycles. The van der Waals surface area contributed by atoms with Crippen molar-refractivity contribution in [1.29, 1.82) is 0 Å². The summed E-state index contributed by atoms with van der Waals surface area (Å²) in [6.07, 6.45) is 4.78. The maximum Gasteiger partial charge on any atom is 0.00511 e. The topological polar surface area (TPSA) is 0 Å². The molecule has 0 saturated carbocycles. The Hall–Kier alpha value is -1.30. The van der Waals surface area contributed by atoms with E-state index in [1.807, 2.05) is 0 Å². The zero-order chi connectivity index (χ0) is 11.5. The molecular formula is C16H20. The summed E-state index contributed by atoms with van der Waals surface area (Å²) in [5.74, 6) is 1.26. The van der Waals surface area contributed by atoms with Crippen LogP contribution in [0.4, 0.5) is 0 Å². The molecule has 84 valence electrons. The fraction of sp³-hybridized carbons (Fsp3) is 0.375. The monoisotopic (exact) mass is 212 g/mol. The zero-order valence-electron chi connectivity index (χ0n) is 10.2. The maximum atomic E-state index is 4.10. The number of hydrogen-bond acceptors (Lipinski definition) is 0. The van der Waals surface area contributed by atoms with Crippen molar-refractivity contribution < 1.29 is 0 Å². The molecule has 0 heteroatoms. The Bertz CT molecular complexity index is 397. The third-order valence-corrected chi connectivity index (χ3v) is 3.69. The van der Waals surface area contributed by atoms with Gasteiger partial charge in [0.25, 0.3) is 0 Å². The number of benzene rings is 1. The van der Waals surface area contributed by atoms with E-state index in [4.69, 9.17) is 0 Å². The lowest BCUT2D eigenvalue weighted by molar-refractivity contribution is 0.496. The van der Waals surface area contributed by atoms with Gasteiger partial charge in [-0.25, -0.2) is 0 Å². The molecule has 0 saturated heterocycles. The zero-order valence-corrected chi connectivity index (χ0v) is 10.2. The van der Waals surface area contributed by atoms with E-state index in [-0.39, 0.29) is 0 Å². The Kier molecular flexibility index (Phi) is 3.28. The van der Waals surface area contributed by atoms with E-state index in [2.05, 4.69) is 56.8 Å². The molecule has 0 N–H and O–H groups in total. The first-order valence-corrected chi connectivity index (χ1v) is 6.05. The van der Waals surface area contributed by atoms with Crippen LogP contribution in [0.5, 0.6) is 0 Å². The highest BCUT2D eigenvalue weighted by molar-refractivity contribution is 5.30. The molecule has 1 aliphatic rings. The first kappa shape index (κ1) is 11.2. The molecule has 0 nitrogen and oxygen atoms in total. The summed E-state index contributed by atoms with van der Waals surface area (Å²) < 4.78 is 0. The van der Waals surface area contributed by atoms with Crippen LogP contribution in [0, 0.1) is 5.92 Å². The Morgan fingerprint density at radius 3 is 2.56 bits per heavy atom. The van der Waals surface area contributed by atoms with Gasteiger partial charge in [0.05, 0.1) is 0 Å². The van der Waals surface area contributed by atoms with Gasteiger partial charge in [-0.15, -0.1) is 0 Å². The molecule has 0 radical (unpaired) electrons. The van der Waals surface area contributed by atoms with Crippen molar-refractivity contribution in [2.45, 2.75) is 32.6 Å². The van der Waals surface area contributed by atoms with Crippen LogP contribution in [-0.4, -0.2) is 0 Å². The Morgan fingerprint density at radius 1 is 1.25 bits per heavy atom. The van der Waals surface area contributed by atoms with Gasteiger partial charge in [-0.3, -0.25) is 0 Å². The fourth-order valence-corrected chi connectivity index (χ4v) is 2.52. The third-order valence-electron chi connectivity index (χ3n) is 3.69. The molecule has 0 bridgehead atoms. The first-order valence-electron chi connectivity index (χ1n) is 6.05. The van der Waals surface area contributed by atoms with Crippen LogP contribution in [0.1, 0.15) is 38.2 Å². The van der Waals surface area contributed by atoms with Crippen molar-refractivity contribution in [2.24, 2.45) is 5.92 Å². The summed E-state index contributed by atoms with van der Waals surface area (Å²) in [5, 5.41) is 0. The van der Waals surface area contributed by atoms with Crippen molar-refractivity contribution >= 4 is 0 Å². The lowest BCUT2D eigenvalue weighted by Crippen LogP contribution is -2.14. The molecule has 0 heterocycles. The molecule has 0 aromatic heterocycles. The average molecular weight is 212 g/mol. The Balaban J connectivity index is 2.24. The SMILES string of the molecule is C=C(C)C1CC=C(C)C(c2ccccc2)C1. The smallest absolute Gasteiger partial charge is 0.00511 e. The minimum Gasteiger partial charge on any atom is -0.0998 e. The second-order valence-electron chi connectivity index (χ2n) is 4.93. The Labute approximate surface area is 98.7 Å². The van der Waals surface area contributed by atoms with Crippen LogP contribution < -0.4 is 0 Å². The summed E-state index contributed by atoms with van der Waals surface area (Å²) in [6.45, 7) is 8.51. The van der Waals surface area contributed by atoms with Gasteiger partial charge in [0.15, 0.2) is 0 Å². The van der Waals surface area contributed by atoms with E-state index in [0.29, 0.717) is 11.8 Å². The molecule has 1 aromatic rings. The van der Waals surface area contributed by atoms with Gasteiger partial charge in [-0.1, -0.05) is 54.1 Å². The molecule has 0 aliphatic heterocycles. The van der Waals surface area contributed by atoms with Gasteiger partial charge in [-0.2, -0.15) is 0 Å². The van der Waals surface area contributed by atoms with Crippen molar-refractivity contribution in [3.8, 4) is 0 Å². The quantitative estimate of drug-likeness (QED) is 0.623. The lowest BCUT2D eigenvalue weighted by atomic mass is 9.76. The van der Waals surface area contributed by atoms with E-state index in [1.54, 1.807) is 0 Å². The predicted octanol–water partition coefficient (Wildman–Crippen LogP) is 4.70. The molecule has 0 fully saturated rings. The van der Waals surface area contributed by atoms with Crippen LogP contribution in [0.25, 0.3) is 0 Å². The second-order valence-corrected chi connectivity index (χ2v) is 4.93. The number of rotatable bonds is 2. The van der Waals surface area contributed by atoms with Gasteiger partial charge in [0.2, 0.25) is 0 Å². The minimum absolute atomic E-state index is 0.594. The van der Waals surface area contributed by atoms with Crippen LogP contribution in [0.2, 0.25) is 0 Å². The largest absolute Gasteiger partial charge is 0.0998 e. The van der Waals surface area contributed by atoms with Crippen molar-refractivity contribution in [3.05, 3.63) is 59.7 Å². The number of allylic oxidation sites excluding steroid dienone is 3. The van der Waals surface area contributed by atoms with Gasteiger partial charge >= 0.3 is 0 Å². The van der Waals surface area contributed by atoms with Gasteiger partial charge in [0.1, 0.15) is 0 Å². The average Bonchev–Trinajstić information content (AvgIpc) is 2.30. The van der Waals surface area contributed by atoms with Crippen LogP contribution in [0.15, 0.2) is 54.1 Å². The van der Waals surface area contributed by atoms with E-state index in [0.717, 1.165) is 0 Å². The number of hydrogen-bond donors (Lipinski definition) is 0. The molecular weight excluding hydrogens is 192 g/mol. The van der Waals surface area contributed by atoms with Gasteiger partial charge < -0.3 is 0 Å². The Morgan fingerprint density at radius 2 is 1.94 bits per heavy atom. The normalized spacial score (nSPS) is 25.0. The van der Waals surface area contributed by atoms with Crippen molar-refractivity contribution in [2.75, 3.05) is 0 Å². The van der Waals surface area contributed by atoms with Crippen LogP contribution in [0.3, 0.4) is 0 Å². The molecule has 2 unspecified atom stereocenters. The molecule has 2 atom stereocenters.